The predicted molar refractivity (Wildman–Crippen MR) is 35.3 cm³/mol. The average Bonchev–Trinajstić information content (AvgIpc) is 1.60. The largest absolute Gasteiger partial charge is 0.347 e. The first-order valence-electron chi connectivity index (χ1n) is 2.66. The molecule has 10 heavy (non-hydrogen) atoms. The van der Waals surface area contributed by atoms with Crippen molar-refractivity contribution >= 4 is 13.5 Å². The molecule has 0 aliphatic carbocycles. The van der Waals surface area contributed by atoms with Gasteiger partial charge in [0.15, 0.2) is 0 Å². The maximum atomic E-state index is 10.3. The third-order valence-electron chi connectivity index (χ3n) is 0.917. The Morgan fingerprint density at radius 3 is 2.10 bits per heavy atom. The topological polar surface area (TPSA) is 86.6 Å². The molecule has 0 aromatic carbocycles. The molecule has 0 saturated heterocycles. The van der Waals surface area contributed by atoms with Crippen LogP contribution in [-0.2, 0) is 9.36 Å². The highest BCUT2D eigenvalue weighted by Crippen LogP contribution is 2.38. The molecule has 0 saturated carbocycles. The zero-order chi connectivity index (χ0) is 8.36. The Morgan fingerprint density at radius 2 is 2.00 bits per heavy atom. The van der Waals surface area contributed by atoms with Crippen molar-refractivity contribution in [2.24, 2.45) is 0 Å². The number of hydrogen-bond donors (Lipinski definition) is 3. The van der Waals surface area contributed by atoms with Gasteiger partial charge in [0.1, 0.15) is 5.78 Å². The highest BCUT2D eigenvalue weighted by atomic mass is 31.2. The molecule has 0 rings (SSSR count). The molecule has 0 spiro atoms. The summed E-state index contributed by atoms with van der Waals surface area (Å²) in [5.41, 5.74) is 0. The third kappa shape index (κ3) is 3.61. The predicted octanol–water partition coefficient (Wildman–Crippen LogP) is -0.354. The number of carbonyl (C=O) groups excluding carboxylic acids is 1. The molecule has 0 bridgehead atoms. The Bertz CT molecular complexity index is 174. The van der Waals surface area contributed by atoms with Crippen molar-refractivity contribution in [3.05, 3.63) is 0 Å². The standard InChI is InChI=1S/C4H10NO4P/c1-3(6)5-4(2)10(7,8)9/h4H,1-2H3,(H,5,6)(H2,7,8,9)/t4-/m0/s1. The molecule has 60 valence electrons. The van der Waals surface area contributed by atoms with Gasteiger partial charge in [-0.05, 0) is 6.92 Å². The van der Waals surface area contributed by atoms with Crippen LogP contribution < -0.4 is 5.32 Å². The lowest BCUT2D eigenvalue weighted by molar-refractivity contribution is -0.119. The molecular formula is C4H10NO4P. The van der Waals surface area contributed by atoms with Crippen LogP contribution in [0.4, 0.5) is 0 Å². The lowest BCUT2D eigenvalue weighted by atomic mass is 10.6. The van der Waals surface area contributed by atoms with Gasteiger partial charge in [0.2, 0.25) is 5.91 Å². The van der Waals surface area contributed by atoms with E-state index in [1.54, 1.807) is 0 Å². The monoisotopic (exact) mass is 167 g/mol. The Labute approximate surface area is 58.6 Å². The third-order valence-corrected chi connectivity index (χ3v) is 2.05. The van der Waals surface area contributed by atoms with Crippen molar-refractivity contribution in [2.45, 2.75) is 19.6 Å². The van der Waals surface area contributed by atoms with Crippen molar-refractivity contribution in [1.29, 1.82) is 0 Å². The van der Waals surface area contributed by atoms with E-state index in [0.717, 1.165) is 0 Å². The fourth-order valence-electron chi connectivity index (χ4n) is 0.378. The van der Waals surface area contributed by atoms with Gasteiger partial charge >= 0.3 is 7.60 Å². The summed E-state index contributed by atoms with van der Waals surface area (Å²) in [5, 5.41) is 2.08. The van der Waals surface area contributed by atoms with Gasteiger partial charge in [-0.2, -0.15) is 0 Å². The SMILES string of the molecule is CC(=O)N[C@H](C)P(=O)(O)O. The van der Waals surface area contributed by atoms with Crippen molar-refractivity contribution in [3.8, 4) is 0 Å². The number of amides is 1. The fourth-order valence-corrected chi connectivity index (χ4v) is 0.728. The molecular weight excluding hydrogens is 157 g/mol. The molecule has 0 aliphatic rings. The summed E-state index contributed by atoms with van der Waals surface area (Å²) in [6.07, 6.45) is 0. The van der Waals surface area contributed by atoms with E-state index in [0.29, 0.717) is 0 Å². The highest BCUT2D eigenvalue weighted by molar-refractivity contribution is 7.52. The molecule has 6 heteroatoms. The molecule has 0 radical (unpaired) electrons. The minimum atomic E-state index is -4.14. The van der Waals surface area contributed by atoms with Crippen LogP contribution in [0.3, 0.4) is 0 Å². The quantitative estimate of drug-likeness (QED) is 0.490. The van der Waals surface area contributed by atoms with E-state index >= 15 is 0 Å². The molecule has 0 fully saturated rings. The smallest absolute Gasteiger partial charge is 0.342 e. The maximum Gasteiger partial charge on any atom is 0.347 e. The molecule has 0 heterocycles. The van der Waals surface area contributed by atoms with Crippen LogP contribution >= 0.6 is 7.60 Å². The molecule has 0 aromatic heterocycles. The normalized spacial score (nSPS) is 14.4. The zero-order valence-electron chi connectivity index (χ0n) is 5.74. The van der Waals surface area contributed by atoms with Crippen LogP contribution in [0.25, 0.3) is 0 Å². The van der Waals surface area contributed by atoms with Crippen LogP contribution in [-0.4, -0.2) is 21.5 Å². The van der Waals surface area contributed by atoms with Crippen molar-refractivity contribution in [2.75, 3.05) is 0 Å². The maximum absolute atomic E-state index is 10.3. The van der Waals surface area contributed by atoms with E-state index in [-0.39, 0.29) is 0 Å². The van der Waals surface area contributed by atoms with Gasteiger partial charge in [-0.1, -0.05) is 0 Å². The minimum absolute atomic E-state index is 0.448. The number of nitrogens with one attached hydrogen (secondary N) is 1. The van der Waals surface area contributed by atoms with Crippen LogP contribution in [0.5, 0.6) is 0 Å². The second-order valence-corrected chi connectivity index (χ2v) is 3.92. The van der Waals surface area contributed by atoms with Gasteiger partial charge in [-0.15, -0.1) is 0 Å². The van der Waals surface area contributed by atoms with Gasteiger partial charge in [0.05, 0.1) is 0 Å². The van der Waals surface area contributed by atoms with Crippen molar-refractivity contribution < 1.29 is 19.1 Å². The summed E-state index contributed by atoms with van der Waals surface area (Å²) < 4.78 is 10.3. The van der Waals surface area contributed by atoms with E-state index in [1.807, 2.05) is 0 Å². The fraction of sp³-hybridized carbons (Fsp3) is 0.750. The van der Waals surface area contributed by atoms with E-state index in [9.17, 15) is 9.36 Å². The number of carbonyl (C=O) groups is 1. The van der Waals surface area contributed by atoms with Crippen molar-refractivity contribution in [1.82, 2.24) is 5.32 Å². The lowest BCUT2D eigenvalue weighted by Crippen LogP contribution is -2.30. The van der Waals surface area contributed by atoms with Gasteiger partial charge in [-0.25, -0.2) is 0 Å². The summed E-state index contributed by atoms with van der Waals surface area (Å²) in [4.78, 5) is 27.1. The summed E-state index contributed by atoms with van der Waals surface area (Å²) in [6.45, 7) is 2.45. The molecule has 1 atom stereocenters. The summed E-state index contributed by atoms with van der Waals surface area (Å²) >= 11 is 0. The zero-order valence-corrected chi connectivity index (χ0v) is 6.63. The molecule has 0 unspecified atom stereocenters. The van der Waals surface area contributed by atoms with Crippen LogP contribution in [0.15, 0.2) is 0 Å². The van der Waals surface area contributed by atoms with Gasteiger partial charge in [0, 0.05) is 6.92 Å². The van der Waals surface area contributed by atoms with Gasteiger partial charge < -0.3 is 15.1 Å². The first-order valence-corrected chi connectivity index (χ1v) is 4.34. The van der Waals surface area contributed by atoms with E-state index in [1.165, 1.54) is 13.8 Å². The Balaban J connectivity index is 3.98. The van der Waals surface area contributed by atoms with E-state index in [4.69, 9.17) is 9.79 Å². The first kappa shape index (κ1) is 9.62. The van der Waals surface area contributed by atoms with Crippen molar-refractivity contribution in [3.63, 3.8) is 0 Å². The van der Waals surface area contributed by atoms with Crippen LogP contribution in [0.2, 0.25) is 0 Å². The molecule has 5 nitrogen and oxygen atoms in total. The second-order valence-electron chi connectivity index (χ2n) is 1.97. The van der Waals surface area contributed by atoms with Gasteiger partial charge in [0.25, 0.3) is 0 Å². The first-order chi connectivity index (χ1) is 4.34. The number of rotatable bonds is 2. The van der Waals surface area contributed by atoms with Crippen LogP contribution in [0.1, 0.15) is 13.8 Å². The highest BCUT2D eigenvalue weighted by Gasteiger charge is 2.23. The molecule has 0 aliphatic heterocycles. The molecule has 0 aromatic rings. The van der Waals surface area contributed by atoms with Crippen LogP contribution in [0, 0.1) is 0 Å². The summed E-state index contributed by atoms with van der Waals surface area (Å²) in [5.74, 6) is -1.54. The average molecular weight is 167 g/mol. The Kier molecular flexibility index (Phi) is 3.02. The molecule has 3 N–H and O–H groups in total. The van der Waals surface area contributed by atoms with Gasteiger partial charge in [-0.3, -0.25) is 9.36 Å². The lowest BCUT2D eigenvalue weighted by Gasteiger charge is -2.12. The van der Waals surface area contributed by atoms with E-state index < -0.39 is 19.3 Å². The second kappa shape index (κ2) is 3.14. The summed E-state index contributed by atoms with van der Waals surface area (Å²) in [6, 6.07) is 0. The van der Waals surface area contributed by atoms with E-state index in [2.05, 4.69) is 5.32 Å². The number of hydrogen-bond acceptors (Lipinski definition) is 2. The Hall–Kier alpha value is -0.380. The molecule has 1 amide bonds. The minimum Gasteiger partial charge on any atom is -0.342 e. The summed E-state index contributed by atoms with van der Waals surface area (Å²) in [7, 11) is -4.14. The Morgan fingerprint density at radius 1 is 1.60 bits per heavy atom.